The van der Waals surface area contributed by atoms with Gasteiger partial charge in [0.2, 0.25) is 0 Å². The highest BCUT2D eigenvalue weighted by Gasteiger charge is 2.18. The molecule has 6 nitrogen and oxygen atoms in total. The van der Waals surface area contributed by atoms with Crippen molar-refractivity contribution in [2.75, 3.05) is 9.44 Å². The van der Waals surface area contributed by atoms with Gasteiger partial charge in [-0.1, -0.05) is 35.5 Å². The molecule has 0 radical (unpaired) electrons. The molecule has 2 N–H and O–H groups in total. The van der Waals surface area contributed by atoms with Crippen LogP contribution in [0.3, 0.4) is 0 Å². The highest BCUT2D eigenvalue weighted by atomic mass is 32.2. The molecule has 0 aliphatic heterocycles. The first-order valence-electron chi connectivity index (χ1n) is 8.82. The lowest BCUT2D eigenvalue weighted by atomic mass is 10.2. The normalized spacial score (nSPS) is 12.0. The molecule has 164 valence electrons. The van der Waals surface area contributed by atoms with E-state index < -0.39 is 25.8 Å². The van der Waals surface area contributed by atoms with Crippen molar-refractivity contribution >= 4 is 43.2 Å². The molecule has 3 rings (SSSR count). The van der Waals surface area contributed by atoms with Crippen molar-refractivity contribution < 1.29 is 25.6 Å². The lowest BCUT2D eigenvalue weighted by Gasteiger charge is -2.12. The van der Waals surface area contributed by atoms with E-state index >= 15 is 0 Å². The van der Waals surface area contributed by atoms with Gasteiger partial charge in [0.05, 0.1) is 15.5 Å². The van der Waals surface area contributed by atoms with E-state index in [9.17, 15) is 25.6 Å². The second kappa shape index (κ2) is 9.25. The van der Waals surface area contributed by atoms with E-state index in [0.717, 1.165) is 5.56 Å². The van der Waals surface area contributed by atoms with Crippen LogP contribution in [0, 0.1) is 6.92 Å². The van der Waals surface area contributed by atoms with Crippen LogP contribution in [0.15, 0.2) is 87.5 Å². The van der Waals surface area contributed by atoms with Crippen LogP contribution in [-0.4, -0.2) is 22.6 Å². The molecule has 0 saturated carbocycles. The summed E-state index contributed by atoms with van der Waals surface area (Å²) in [5, 5.41) is 0. The van der Waals surface area contributed by atoms with Gasteiger partial charge in [-0.3, -0.25) is 9.44 Å². The Kier molecular flexibility index (Phi) is 6.87. The second-order valence-corrected chi connectivity index (χ2v) is 10.9. The molecule has 11 heteroatoms. The van der Waals surface area contributed by atoms with Crippen LogP contribution in [-0.2, 0) is 20.0 Å². The first kappa shape index (κ1) is 23.0. The van der Waals surface area contributed by atoms with Crippen molar-refractivity contribution in [2.45, 2.75) is 27.4 Å². The van der Waals surface area contributed by atoms with Crippen LogP contribution >= 0.6 is 11.8 Å². The molecule has 3 aromatic carbocycles. The van der Waals surface area contributed by atoms with Crippen molar-refractivity contribution in [3.05, 3.63) is 78.4 Å². The predicted octanol–water partition coefficient (Wildman–Crippen LogP) is 4.91. The highest BCUT2D eigenvalue weighted by Crippen LogP contribution is 2.27. The average molecular weight is 485 g/mol. The van der Waals surface area contributed by atoms with E-state index in [2.05, 4.69) is 9.44 Å². The zero-order valence-corrected chi connectivity index (χ0v) is 18.6. The number of thioether (sulfide) groups is 1. The Balaban J connectivity index is 1.79. The molecule has 0 aliphatic rings. The zero-order chi connectivity index (χ0) is 22.6. The van der Waals surface area contributed by atoms with E-state index in [0.29, 0.717) is 16.7 Å². The first-order chi connectivity index (χ1) is 14.5. The van der Waals surface area contributed by atoms with E-state index in [1.54, 1.807) is 12.1 Å². The van der Waals surface area contributed by atoms with Gasteiger partial charge in [0.25, 0.3) is 25.8 Å². The number of hydrogen-bond donors (Lipinski definition) is 2. The molecule has 0 aliphatic carbocycles. The van der Waals surface area contributed by atoms with Gasteiger partial charge in [-0.15, -0.1) is 0 Å². The fourth-order valence-corrected chi connectivity index (χ4v) is 5.23. The molecule has 0 spiro atoms. The summed E-state index contributed by atoms with van der Waals surface area (Å²) < 4.78 is 79.9. The number of halogens is 2. The Bertz CT molecular complexity index is 1260. The van der Waals surface area contributed by atoms with E-state index in [-0.39, 0.29) is 21.2 Å². The van der Waals surface area contributed by atoms with Crippen LogP contribution in [0.1, 0.15) is 5.56 Å². The van der Waals surface area contributed by atoms with E-state index in [4.69, 9.17) is 0 Å². The van der Waals surface area contributed by atoms with Crippen molar-refractivity contribution in [3.8, 4) is 0 Å². The lowest BCUT2D eigenvalue weighted by molar-refractivity contribution is 0.252. The smallest absolute Gasteiger partial charge is 0.280 e. The topological polar surface area (TPSA) is 92.3 Å². The molecule has 0 fully saturated rings. The van der Waals surface area contributed by atoms with Crippen molar-refractivity contribution in [1.29, 1.82) is 0 Å². The molecule has 0 unspecified atom stereocenters. The zero-order valence-electron chi connectivity index (χ0n) is 16.1. The van der Waals surface area contributed by atoms with Crippen LogP contribution in [0.4, 0.5) is 20.2 Å². The summed E-state index contributed by atoms with van der Waals surface area (Å²) in [5.41, 5.74) is 1.16. The van der Waals surface area contributed by atoms with Crippen LogP contribution in [0.5, 0.6) is 0 Å². The number of alkyl halides is 2. The largest absolute Gasteiger partial charge is 0.288 e. The van der Waals surface area contributed by atoms with Gasteiger partial charge in [0.1, 0.15) is 0 Å². The summed E-state index contributed by atoms with van der Waals surface area (Å²) in [5.74, 6) is -2.58. The molecule has 0 aromatic heterocycles. The Morgan fingerprint density at radius 3 is 1.94 bits per heavy atom. The predicted molar refractivity (Wildman–Crippen MR) is 118 cm³/mol. The summed E-state index contributed by atoms with van der Waals surface area (Å²) in [4.78, 5) is 0.180. The Morgan fingerprint density at radius 1 is 0.742 bits per heavy atom. The Hall–Kier alpha value is -2.63. The molecule has 3 aromatic rings. The number of sulfonamides is 2. The number of anilines is 2. The third-order valence-corrected chi connectivity index (χ3v) is 7.56. The molecule has 0 heterocycles. The van der Waals surface area contributed by atoms with E-state index in [1.807, 2.05) is 6.92 Å². The van der Waals surface area contributed by atoms with Gasteiger partial charge in [-0.2, -0.15) is 8.78 Å². The van der Waals surface area contributed by atoms with Crippen LogP contribution < -0.4 is 9.44 Å². The standard InChI is InChI=1S/C20H18F2N2O4S3/c1-14-5-11-18(12-6-14)30(25,26)24-16-3-2-4-19(13-16)31(27,28)23-15-7-9-17(10-8-15)29-20(21)22/h2-13,20,23-24H,1H3. The lowest BCUT2D eigenvalue weighted by Crippen LogP contribution is -2.15. The number of hydrogen-bond acceptors (Lipinski definition) is 5. The number of benzene rings is 3. The van der Waals surface area contributed by atoms with Gasteiger partial charge in [0, 0.05) is 10.6 Å². The summed E-state index contributed by atoms with van der Waals surface area (Å²) in [6.07, 6.45) is 0. The number of aryl methyl sites for hydroxylation is 1. The maximum Gasteiger partial charge on any atom is 0.288 e. The first-order valence-corrected chi connectivity index (χ1v) is 12.7. The number of nitrogens with one attached hydrogen (secondary N) is 2. The van der Waals surface area contributed by atoms with Gasteiger partial charge < -0.3 is 0 Å². The minimum absolute atomic E-state index is 0.0474. The van der Waals surface area contributed by atoms with Crippen molar-refractivity contribution in [3.63, 3.8) is 0 Å². The third-order valence-electron chi connectivity index (χ3n) is 4.06. The highest BCUT2D eigenvalue weighted by molar-refractivity contribution is 7.99. The minimum Gasteiger partial charge on any atom is -0.280 e. The number of rotatable bonds is 8. The van der Waals surface area contributed by atoms with Crippen LogP contribution in [0.2, 0.25) is 0 Å². The summed E-state index contributed by atoms with van der Waals surface area (Å²) >= 11 is 0.352. The third kappa shape index (κ3) is 6.18. The monoisotopic (exact) mass is 484 g/mol. The SMILES string of the molecule is Cc1ccc(S(=O)(=O)Nc2cccc(S(=O)(=O)Nc3ccc(SC(F)F)cc3)c2)cc1. The average Bonchev–Trinajstić information content (AvgIpc) is 2.69. The molecule has 0 amide bonds. The maximum absolute atomic E-state index is 12.7. The van der Waals surface area contributed by atoms with E-state index in [1.165, 1.54) is 60.7 Å². The van der Waals surface area contributed by atoms with Gasteiger partial charge in [0.15, 0.2) is 0 Å². The van der Waals surface area contributed by atoms with Gasteiger partial charge in [-0.25, -0.2) is 16.8 Å². The summed E-state index contributed by atoms with van der Waals surface area (Å²) in [7, 11) is -7.93. The van der Waals surface area contributed by atoms with Gasteiger partial charge >= 0.3 is 0 Å². The molecule has 0 bridgehead atoms. The molecule has 0 saturated heterocycles. The van der Waals surface area contributed by atoms with Gasteiger partial charge in [-0.05, 0) is 61.5 Å². The quantitative estimate of drug-likeness (QED) is 0.443. The van der Waals surface area contributed by atoms with Crippen LogP contribution in [0.25, 0.3) is 0 Å². The molecular formula is C20H18F2N2O4S3. The van der Waals surface area contributed by atoms with Crippen molar-refractivity contribution in [1.82, 2.24) is 0 Å². The molecular weight excluding hydrogens is 466 g/mol. The molecule has 31 heavy (non-hydrogen) atoms. The molecule has 0 atom stereocenters. The second-order valence-electron chi connectivity index (χ2n) is 6.45. The summed E-state index contributed by atoms with van der Waals surface area (Å²) in [6.45, 7) is 1.83. The maximum atomic E-state index is 12.7. The summed E-state index contributed by atoms with van der Waals surface area (Å²) in [6, 6.07) is 17.0. The fourth-order valence-electron chi connectivity index (χ4n) is 2.58. The Labute approximate surface area is 183 Å². The van der Waals surface area contributed by atoms with Crippen molar-refractivity contribution in [2.24, 2.45) is 0 Å². The fraction of sp³-hybridized carbons (Fsp3) is 0.100. The minimum atomic E-state index is -4.04. The Morgan fingerprint density at radius 2 is 1.32 bits per heavy atom.